The SMILES string of the molecule is C[C@H](N)C(=O)N[C@@H](CCCCN)C(=O)N1CCC[C@H]1C(=O)N[C@@H](CO)C(=O)N[C@@H](Cc1ccc(O)cc1)C(=O)N1C[C@H](O)C[C@H]1C(=O)N1CCC[C@H]1C(=O)N[C@H](C(=O)N[C@@H](Cc1ccc(O)cc1)C(=O)N[C@@H](CCCCN)C(=O)O)[C@@H](C)O. The minimum atomic E-state index is -1.73. The Labute approximate surface area is 480 Å². The molecule has 0 saturated carbocycles. The van der Waals surface area contributed by atoms with E-state index < -0.39 is 145 Å². The van der Waals surface area contributed by atoms with Gasteiger partial charge in [-0.3, -0.25) is 43.2 Å². The van der Waals surface area contributed by atoms with E-state index in [0.29, 0.717) is 49.8 Å². The van der Waals surface area contributed by atoms with E-state index in [1.165, 1.54) is 72.2 Å². The van der Waals surface area contributed by atoms with Crippen molar-refractivity contribution < 1.29 is 78.6 Å². The fraction of sp³-hybridized carbons (Fsp3) is 0.600. The summed E-state index contributed by atoms with van der Waals surface area (Å²) < 4.78 is 0. The van der Waals surface area contributed by atoms with Crippen LogP contribution in [0.1, 0.15) is 95.6 Å². The Morgan fingerprint density at radius 3 is 1.58 bits per heavy atom. The molecule has 0 bridgehead atoms. The van der Waals surface area contributed by atoms with Crippen LogP contribution in [0, 0.1) is 0 Å². The highest BCUT2D eigenvalue weighted by Gasteiger charge is 2.47. The number of carbonyl (C=O) groups excluding carboxylic acids is 9. The molecule has 458 valence electrons. The van der Waals surface area contributed by atoms with Gasteiger partial charge in [-0.05, 0) is 127 Å². The Balaban J connectivity index is 1.32. The van der Waals surface area contributed by atoms with E-state index in [1.807, 2.05) is 0 Å². The summed E-state index contributed by atoms with van der Waals surface area (Å²) in [6.45, 7) is 2.03. The summed E-state index contributed by atoms with van der Waals surface area (Å²) in [7, 11) is 0. The molecule has 3 aliphatic heterocycles. The molecule has 0 aliphatic carbocycles. The fourth-order valence-corrected chi connectivity index (χ4v) is 10.4. The van der Waals surface area contributed by atoms with Crippen LogP contribution >= 0.6 is 0 Å². The monoisotopic (exact) mass is 1170 g/mol. The number of hydrogen-bond donors (Lipinski definition) is 15. The molecule has 18 N–H and O–H groups in total. The molecule has 9 amide bonds. The van der Waals surface area contributed by atoms with E-state index in [0.717, 1.165) is 4.90 Å². The van der Waals surface area contributed by atoms with E-state index in [-0.39, 0.29) is 82.5 Å². The second-order valence-corrected chi connectivity index (χ2v) is 21.4. The maximum Gasteiger partial charge on any atom is 0.326 e. The first kappa shape index (κ1) is 66.3. The summed E-state index contributed by atoms with van der Waals surface area (Å²) in [6.07, 6.45) is -0.611. The van der Waals surface area contributed by atoms with Gasteiger partial charge in [0.1, 0.15) is 65.9 Å². The summed E-state index contributed by atoms with van der Waals surface area (Å²) in [6, 6.07) is -2.29. The second-order valence-electron chi connectivity index (χ2n) is 21.4. The van der Waals surface area contributed by atoms with Crippen LogP contribution in [0.4, 0.5) is 0 Å². The third-order valence-corrected chi connectivity index (χ3v) is 14.9. The van der Waals surface area contributed by atoms with E-state index in [1.54, 1.807) is 0 Å². The van der Waals surface area contributed by atoms with Crippen molar-refractivity contribution in [2.24, 2.45) is 17.2 Å². The van der Waals surface area contributed by atoms with Crippen LogP contribution in [0.25, 0.3) is 0 Å². The lowest BCUT2D eigenvalue weighted by atomic mass is 10.0. The number of aromatic hydroxyl groups is 2. The number of benzene rings is 2. The van der Waals surface area contributed by atoms with Crippen molar-refractivity contribution in [1.29, 1.82) is 0 Å². The first-order chi connectivity index (χ1) is 39.5. The van der Waals surface area contributed by atoms with Gasteiger partial charge in [0.25, 0.3) is 0 Å². The first-order valence-corrected chi connectivity index (χ1v) is 28.1. The van der Waals surface area contributed by atoms with Crippen LogP contribution < -0.4 is 49.1 Å². The van der Waals surface area contributed by atoms with Crippen LogP contribution in [0.15, 0.2) is 48.5 Å². The topological polar surface area (TPSA) is 452 Å². The number of carbonyl (C=O) groups is 10. The largest absolute Gasteiger partial charge is 0.508 e. The van der Waals surface area contributed by atoms with Crippen LogP contribution in [0.3, 0.4) is 0 Å². The number of nitrogens with two attached hydrogens (primary N) is 3. The molecule has 0 unspecified atom stereocenters. The van der Waals surface area contributed by atoms with E-state index in [9.17, 15) is 78.6 Å². The number of carboxylic acid groups (broad SMARTS) is 1. The van der Waals surface area contributed by atoms with Gasteiger partial charge in [-0.15, -0.1) is 0 Å². The zero-order valence-electron chi connectivity index (χ0n) is 46.8. The van der Waals surface area contributed by atoms with Gasteiger partial charge in [-0.2, -0.15) is 0 Å². The molecule has 3 saturated heterocycles. The third-order valence-electron chi connectivity index (χ3n) is 14.9. The van der Waals surface area contributed by atoms with Crippen molar-refractivity contribution in [2.75, 3.05) is 39.3 Å². The molecule has 28 nitrogen and oxygen atoms in total. The van der Waals surface area contributed by atoms with Gasteiger partial charge in [0.05, 0.1) is 24.9 Å². The minimum Gasteiger partial charge on any atom is -0.508 e. The van der Waals surface area contributed by atoms with Crippen molar-refractivity contribution in [3.63, 3.8) is 0 Å². The van der Waals surface area contributed by atoms with E-state index >= 15 is 0 Å². The number of phenols is 2. The number of likely N-dealkylation sites (tertiary alicyclic amines) is 3. The van der Waals surface area contributed by atoms with Crippen molar-refractivity contribution >= 4 is 59.1 Å². The number of hydrogen-bond acceptors (Lipinski definition) is 18. The molecule has 3 fully saturated rings. The Kier molecular flexibility index (Phi) is 25.4. The van der Waals surface area contributed by atoms with Gasteiger partial charge < -0.3 is 94.4 Å². The number of β-amino-alcohol motifs (C(OH)–C–C–N with tert-alkyl or cyclic N) is 1. The zero-order chi connectivity index (χ0) is 61.1. The molecule has 83 heavy (non-hydrogen) atoms. The van der Waals surface area contributed by atoms with Crippen LogP contribution in [-0.4, -0.2) is 216 Å². The standard InChI is InChI=1S/C55H82N12O16/c1-30(58)46(73)59-37(9-3-5-21-56)52(79)65-23-7-11-42(65)49(76)63-41(29-68)48(75)62-40(26-33-15-19-35(71)20-16-33)53(80)67-28-36(72)27-44(67)54(81)66-24-8-12-43(66)50(77)64-45(31(2)69)51(78)61-39(25-32-13-17-34(70)18-14-32)47(74)60-38(55(82)83)10-4-6-22-57/h13-20,30-31,36-45,68-72H,3-12,21-29,56-58H2,1-2H3,(H,59,73)(H,60,74)(H,61,78)(H,62,75)(H,63,76)(H,64,77)(H,82,83)/t30-,31+,36+,37-,38-,39-,40-,41-,42-,43-,44-,45-/m0/s1. The number of aliphatic carboxylic acids is 1. The predicted octanol–water partition coefficient (Wildman–Crippen LogP) is -4.20. The number of carboxylic acids is 1. The first-order valence-electron chi connectivity index (χ1n) is 28.1. The number of aliphatic hydroxyl groups is 3. The molecule has 3 aliphatic rings. The molecule has 3 heterocycles. The van der Waals surface area contributed by atoms with Crippen molar-refractivity contribution in [2.45, 2.75) is 170 Å². The number of unbranched alkanes of at least 4 members (excludes halogenated alkanes) is 2. The van der Waals surface area contributed by atoms with Gasteiger partial charge in [0.15, 0.2) is 0 Å². The average Bonchev–Trinajstić information content (AvgIpc) is 3.75. The lowest BCUT2D eigenvalue weighted by Gasteiger charge is -2.34. The van der Waals surface area contributed by atoms with Crippen molar-refractivity contribution in [1.82, 2.24) is 46.6 Å². The molecule has 2 aromatic carbocycles. The maximum absolute atomic E-state index is 14.8. The zero-order valence-corrected chi connectivity index (χ0v) is 46.8. The highest BCUT2D eigenvalue weighted by molar-refractivity contribution is 5.99. The normalized spacial score (nSPS) is 20.6. The summed E-state index contributed by atoms with van der Waals surface area (Å²) in [5.74, 6) is -9.00. The molecular formula is C55H82N12O16. The quantitative estimate of drug-likeness (QED) is 0.0330. The molecule has 12 atom stereocenters. The fourth-order valence-electron chi connectivity index (χ4n) is 10.4. The molecule has 0 spiro atoms. The van der Waals surface area contributed by atoms with Crippen LogP contribution in [-0.2, 0) is 60.8 Å². The number of nitrogens with one attached hydrogen (secondary N) is 6. The van der Waals surface area contributed by atoms with E-state index in [4.69, 9.17) is 17.2 Å². The number of nitrogens with zero attached hydrogens (tertiary/aromatic N) is 3. The predicted molar refractivity (Wildman–Crippen MR) is 297 cm³/mol. The number of phenolic OH excluding ortho intramolecular Hbond substituents is 2. The highest BCUT2D eigenvalue weighted by atomic mass is 16.4. The van der Waals surface area contributed by atoms with Gasteiger partial charge in [0, 0.05) is 38.9 Å². The Hall–Kier alpha value is -7.50. The lowest BCUT2D eigenvalue weighted by molar-refractivity contribution is -0.148. The number of aliphatic hydroxyl groups excluding tert-OH is 3. The molecule has 5 rings (SSSR count). The van der Waals surface area contributed by atoms with Gasteiger partial charge in [0.2, 0.25) is 53.2 Å². The average molecular weight is 1170 g/mol. The highest BCUT2D eigenvalue weighted by Crippen LogP contribution is 2.28. The van der Waals surface area contributed by atoms with Crippen LogP contribution in [0.2, 0.25) is 0 Å². The van der Waals surface area contributed by atoms with E-state index in [2.05, 4.69) is 31.9 Å². The Morgan fingerprint density at radius 1 is 0.578 bits per heavy atom. The molecule has 0 aromatic heterocycles. The summed E-state index contributed by atoms with van der Waals surface area (Å²) >= 11 is 0. The lowest BCUT2D eigenvalue weighted by Crippen LogP contribution is -2.61. The van der Waals surface area contributed by atoms with Crippen molar-refractivity contribution in [3.8, 4) is 11.5 Å². The van der Waals surface area contributed by atoms with Crippen molar-refractivity contribution in [3.05, 3.63) is 59.7 Å². The van der Waals surface area contributed by atoms with Gasteiger partial charge >= 0.3 is 5.97 Å². The molecule has 0 radical (unpaired) electrons. The molecule has 2 aromatic rings. The summed E-state index contributed by atoms with van der Waals surface area (Å²) in [5.41, 5.74) is 17.8. The number of rotatable bonds is 30. The summed E-state index contributed by atoms with van der Waals surface area (Å²) in [5, 5.41) is 77.3. The third kappa shape index (κ3) is 18.8. The molecule has 28 heteroatoms. The van der Waals surface area contributed by atoms with Gasteiger partial charge in [-0.1, -0.05) is 24.3 Å². The summed E-state index contributed by atoms with van der Waals surface area (Å²) in [4.78, 5) is 142. The van der Waals surface area contributed by atoms with Crippen LogP contribution in [0.5, 0.6) is 11.5 Å². The maximum atomic E-state index is 14.8. The molecular weight excluding hydrogens is 1080 g/mol. The smallest absolute Gasteiger partial charge is 0.326 e. The number of amides is 9. The Morgan fingerprint density at radius 2 is 1.05 bits per heavy atom. The van der Waals surface area contributed by atoms with Gasteiger partial charge in [-0.25, -0.2) is 4.79 Å². The second kappa shape index (κ2) is 31.8. The Bertz CT molecular complexity index is 2570. The minimum absolute atomic E-state index is 0.0198.